The molecule has 0 bridgehead atoms. The fourth-order valence-electron chi connectivity index (χ4n) is 1.11. The lowest BCUT2D eigenvalue weighted by atomic mass is 10.2. The molecule has 0 aromatic carbocycles. The Kier molecular flexibility index (Phi) is 2.19. The van der Waals surface area contributed by atoms with E-state index in [4.69, 9.17) is 10.3 Å². The van der Waals surface area contributed by atoms with Gasteiger partial charge in [-0.1, -0.05) is 5.16 Å². The van der Waals surface area contributed by atoms with Crippen LogP contribution in [0.2, 0.25) is 0 Å². The molecule has 0 unspecified atom stereocenters. The monoisotopic (exact) mass is 191 g/mol. The topological polar surface area (TPSA) is 90.7 Å². The lowest BCUT2D eigenvalue weighted by Crippen LogP contribution is -2.00. The van der Waals surface area contributed by atoms with Gasteiger partial charge in [0, 0.05) is 12.1 Å². The number of aryl methyl sites for hydroxylation is 1. The second-order valence-corrected chi connectivity index (χ2v) is 2.78. The zero-order chi connectivity index (χ0) is 9.97. The summed E-state index contributed by atoms with van der Waals surface area (Å²) < 4.78 is 5.01. The number of nitrogens with zero attached hydrogens (tertiary/aromatic N) is 4. The van der Waals surface area contributed by atoms with Crippen molar-refractivity contribution >= 4 is 0 Å². The van der Waals surface area contributed by atoms with Crippen molar-refractivity contribution in [2.24, 2.45) is 5.73 Å². The van der Waals surface area contributed by atoms with Gasteiger partial charge in [0.15, 0.2) is 5.82 Å². The molecule has 0 amide bonds. The molecule has 2 aromatic heterocycles. The summed E-state index contributed by atoms with van der Waals surface area (Å²) in [7, 11) is 0. The molecule has 2 N–H and O–H groups in total. The summed E-state index contributed by atoms with van der Waals surface area (Å²) >= 11 is 0. The summed E-state index contributed by atoms with van der Waals surface area (Å²) in [5.74, 6) is 1.01. The van der Waals surface area contributed by atoms with Crippen molar-refractivity contribution in [3.05, 3.63) is 23.8 Å². The average molecular weight is 191 g/mol. The Hall–Kier alpha value is -1.82. The zero-order valence-electron chi connectivity index (χ0n) is 7.64. The third-order valence-electron chi connectivity index (χ3n) is 1.79. The van der Waals surface area contributed by atoms with Crippen LogP contribution in [0.1, 0.15) is 11.4 Å². The van der Waals surface area contributed by atoms with Crippen LogP contribution in [-0.2, 0) is 6.54 Å². The van der Waals surface area contributed by atoms with Gasteiger partial charge in [0.25, 0.3) is 5.89 Å². The maximum atomic E-state index is 5.54. The summed E-state index contributed by atoms with van der Waals surface area (Å²) in [5, 5.41) is 11.2. The normalized spacial score (nSPS) is 10.4. The lowest BCUT2D eigenvalue weighted by molar-refractivity contribution is 0.425. The van der Waals surface area contributed by atoms with E-state index in [2.05, 4.69) is 20.3 Å². The van der Waals surface area contributed by atoms with Crippen LogP contribution >= 0.6 is 0 Å². The zero-order valence-corrected chi connectivity index (χ0v) is 7.64. The minimum Gasteiger partial charge on any atom is -0.334 e. The van der Waals surface area contributed by atoms with Crippen LogP contribution in [0.15, 0.2) is 16.9 Å². The van der Waals surface area contributed by atoms with Crippen molar-refractivity contribution in [1.29, 1.82) is 0 Å². The van der Waals surface area contributed by atoms with Crippen molar-refractivity contribution in [2.45, 2.75) is 13.5 Å². The van der Waals surface area contributed by atoms with Gasteiger partial charge in [-0.2, -0.15) is 15.2 Å². The molecule has 0 saturated carbocycles. The van der Waals surface area contributed by atoms with E-state index in [0.717, 1.165) is 11.1 Å². The number of rotatable bonds is 2. The second kappa shape index (κ2) is 3.51. The summed E-state index contributed by atoms with van der Waals surface area (Å²) in [5.41, 5.74) is 7.11. The van der Waals surface area contributed by atoms with Crippen LogP contribution in [-0.4, -0.2) is 20.3 Å². The molecule has 2 aromatic rings. The van der Waals surface area contributed by atoms with Crippen molar-refractivity contribution in [3.8, 4) is 11.5 Å². The maximum absolute atomic E-state index is 5.54. The van der Waals surface area contributed by atoms with Gasteiger partial charge >= 0.3 is 0 Å². The predicted molar refractivity (Wildman–Crippen MR) is 48.0 cm³/mol. The van der Waals surface area contributed by atoms with Gasteiger partial charge in [-0.05, 0) is 6.92 Å². The van der Waals surface area contributed by atoms with E-state index in [1.54, 1.807) is 19.3 Å². The van der Waals surface area contributed by atoms with Crippen molar-refractivity contribution in [2.75, 3.05) is 0 Å². The molecule has 0 fully saturated rings. The van der Waals surface area contributed by atoms with E-state index in [9.17, 15) is 0 Å². The summed E-state index contributed by atoms with van der Waals surface area (Å²) in [6.45, 7) is 2.12. The molecule has 72 valence electrons. The molecule has 2 heterocycles. The quantitative estimate of drug-likeness (QED) is 0.733. The minimum atomic E-state index is 0.367. The van der Waals surface area contributed by atoms with Crippen LogP contribution in [0.25, 0.3) is 11.5 Å². The molecule has 0 aliphatic carbocycles. The molecule has 0 aliphatic heterocycles. The Morgan fingerprint density at radius 1 is 1.36 bits per heavy atom. The third-order valence-corrected chi connectivity index (χ3v) is 1.79. The highest BCUT2D eigenvalue weighted by Crippen LogP contribution is 2.19. The predicted octanol–water partition coefficient (Wildman–Crippen LogP) is 0.294. The van der Waals surface area contributed by atoms with Gasteiger partial charge < -0.3 is 10.3 Å². The number of hydrogen-bond acceptors (Lipinski definition) is 6. The van der Waals surface area contributed by atoms with E-state index in [0.29, 0.717) is 18.3 Å². The van der Waals surface area contributed by atoms with Crippen LogP contribution in [0.4, 0.5) is 0 Å². The van der Waals surface area contributed by atoms with E-state index in [1.165, 1.54) is 0 Å². The second-order valence-electron chi connectivity index (χ2n) is 2.78. The standard InChI is InChI=1S/C8H9N5O/c1-5-12-8(14-13-5)7-4-11-10-3-6(7)2-9/h3-4H,2,9H2,1H3. The Morgan fingerprint density at radius 3 is 2.79 bits per heavy atom. The third kappa shape index (κ3) is 1.47. The van der Waals surface area contributed by atoms with E-state index < -0.39 is 0 Å². The molecule has 0 saturated heterocycles. The SMILES string of the molecule is Cc1noc(-c2cnncc2CN)n1. The number of aromatic nitrogens is 4. The first kappa shape index (κ1) is 8.76. The molecule has 0 spiro atoms. The summed E-state index contributed by atoms with van der Waals surface area (Å²) in [6, 6.07) is 0. The highest BCUT2D eigenvalue weighted by atomic mass is 16.5. The van der Waals surface area contributed by atoms with E-state index >= 15 is 0 Å². The van der Waals surface area contributed by atoms with E-state index in [1.807, 2.05) is 0 Å². The largest absolute Gasteiger partial charge is 0.334 e. The summed E-state index contributed by atoms with van der Waals surface area (Å²) in [6.07, 6.45) is 3.16. The van der Waals surface area contributed by atoms with Gasteiger partial charge in [0.2, 0.25) is 0 Å². The molecule has 0 radical (unpaired) electrons. The molecule has 14 heavy (non-hydrogen) atoms. The smallest absolute Gasteiger partial charge is 0.259 e. The molecule has 0 atom stereocenters. The van der Waals surface area contributed by atoms with Crippen molar-refractivity contribution in [1.82, 2.24) is 20.3 Å². The van der Waals surface area contributed by atoms with Gasteiger partial charge in [-0.25, -0.2) is 0 Å². The minimum absolute atomic E-state index is 0.367. The Bertz CT molecular complexity index is 439. The van der Waals surface area contributed by atoms with Crippen molar-refractivity contribution in [3.63, 3.8) is 0 Å². The van der Waals surface area contributed by atoms with Crippen LogP contribution in [0.3, 0.4) is 0 Å². The first-order valence-corrected chi connectivity index (χ1v) is 4.11. The van der Waals surface area contributed by atoms with Crippen LogP contribution in [0.5, 0.6) is 0 Å². The molecular formula is C8H9N5O. The van der Waals surface area contributed by atoms with E-state index in [-0.39, 0.29) is 0 Å². The van der Waals surface area contributed by atoms with Gasteiger partial charge in [-0.15, -0.1) is 0 Å². The Labute approximate surface area is 80.2 Å². The number of hydrogen-bond donors (Lipinski definition) is 1. The first-order valence-electron chi connectivity index (χ1n) is 4.11. The van der Waals surface area contributed by atoms with Crippen molar-refractivity contribution < 1.29 is 4.52 Å². The first-order chi connectivity index (χ1) is 6.81. The van der Waals surface area contributed by atoms with Gasteiger partial charge in [-0.3, -0.25) is 0 Å². The Balaban J connectivity index is 2.50. The fraction of sp³-hybridized carbons (Fsp3) is 0.250. The molecule has 0 aliphatic rings. The molecule has 6 heteroatoms. The molecule has 2 rings (SSSR count). The molecule has 6 nitrogen and oxygen atoms in total. The van der Waals surface area contributed by atoms with Crippen LogP contribution in [0, 0.1) is 6.92 Å². The Morgan fingerprint density at radius 2 is 2.14 bits per heavy atom. The highest BCUT2D eigenvalue weighted by Gasteiger charge is 2.10. The van der Waals surface area contributed by atoms with Gasteiger partial charge in [0.05, 0.1) is 18.0 Å². The highest BCUT2D eigenvalue weighted by molar-refractivity contribution is 5.55. The lowest BCUT2D eigenvalue weighted by Gasteiger charge is -1.99. The fourth-order valence-corrected chi connectivity index (χ4v) is 1.11. The maximum Gasteiger partial charge on any atom is 0.259 e. The summed E-state index contributed by atoms with van der Waals surface area (Å²) in [4.78, 5) is 4.09. The average Bonchev–Trinajstić information content (AvgIpc) is 2.65. The molecular weight excluding hydrogens is 182 g/mol. The number of nitrogens with two attached hydrogens (primary N) is 1. The van der Waals surface area contributed by atoms with Crippen LogP contribution < -0.4 is 5.73 Å². The van der Waals surface area contributed by atoms with Gasteiger partial charge in [0.1, 0.15) is 0 Å².